The number of Topliss-reactive ketones (excluding diaryl/α,β-unsaturated/α-hetero) is 1. The molecule has 3 rings (SSSR count). The van der Waals surface area contributed by atoms with E-state index in [0.29, 0.717) is 22.6 Å². The van der Waals surface area contributed by atoms with Crippen molar-refractivity contribution in [1.82, 2.24) is 4.98 Å². The van der Waals surface area contributed by atoms with Gasteiger partial charge in [-0.2, -0.15) is 0 Å². The van der Waals surface area contributed by atoms with E-state index in [1.54, 1.807) is 57.4 Å². The van der Waals surface area contributed by atoms with Gasteiger partial charge >= 0.3 is 5.97 Å². The Labute approximate surface area is 139 Å². The van der Waals surface area contributed by atoms with Crippen molar-refractivity contribution >= 4 is 17.8 Å². The zero-order valence-corrected chi connectivity index (χ0v) is 13.7. The normalized spacial score (nSPS) is 14.7. The van der Waals surface area contributed by atoms with Crippen LogP contribution in [0.5, 0.6) is 11.5 Å². The molecule has 2 aromatic rings. The van der Waals surface area contributed by atoms with Crippen LogP contribution in [0, 0.1) is 12.8 Å². The van der Waals surface area contributed by atoms with Crippen LogP contribution in [-0.4, -0.2) is 16.7 Å². The number of carbonyl (C=O) groups is 2. The standard InChI is InChI=1S/C19H17NO4/c1-11(2)19(22)24-15-7-6-14-17(21)16(23-18(14)12(15)3)9-13-5-4-8-20-10-13/h4-11H,1-3H3/b16-9-. The van der Waals surface area contributed by atoms with Gasteiger partial charge in [0.15, 0.2) is 5.76 Å². The Hall–Kier alpha value is -2.95. The smallest absolute Gasteiger partial charge is 0.313 e. The van der Waals surface area contributed by atoms with Crippen LogP contribution in [0.15, 0.2) is 42.4 Å². The molecule has 5 nitrogen and oxygen atoms in total. The molecule has 24 heavy (non-hydrogen) atoms. The number of rotatable bonds is 3. The van der Waals surface area contributed by atoms with Gasteiger partial charge in [-0.3, -0.25) is 14.6 Å². The van der Waals surface area contributed by atoms with E-state index < -0.39 is 0 Å². The Kier molecular flexibility index (Phi) is 4.16. The number of ketones is 1. The lowest BCUT2D eigenvalue weighted by Gasteiger charge is -2.11. The number of allylic oxidation sites excluding steroid dienone is 1. The topological polar surface area (TPSA) is 65.5 Å². The number of fused-ring (bicyclic) bond motifs is 1. The van der Waals surface area contributed by atoms with Crippen molar-refractivity contribution in [3.8, 4) is 11.5 Å². The van der Waals surface area contributed by atoms with Crippen LogP contribution < -0.4 is 9.47 Å². The third-order valence-corrected chi connectivity index (χ3v) is 3.70. The number of nitrogens with zero attached hydrogens (tertiary/aromatic N) is 1. The number of aromatic nitrogens is 1. The number of pyridine rings is 1. The van der Waals surface area contributed by atoms with E-state index in [1.807, 2.05) is 6.07 Å². The third-order valence-electron chi connectivity index (χ3n) is 3.70. The van der Waals surface area contributed by atoms with E-state index in [2.05, 4.69) is 4.98 Å². The van der Waals surface area contributed by atoms with Gasteiger partial charge in [0.25, 0.3) is 0 Å². The fourth-order valence-corrected chi connectivity index (χ4v) is 2.32. The first-order valence-electron chi connectivity index (χ1n) is 7.67. The van der Waals surface area contributed by atoms with Gasteiger partial charge in [0.05, 0.1) is 11.5 Å². The van der Waals surface area contributed by atoms with Crippen molar-refractivity contribution in [3.63, 3.8) is 0 Å². The van der Waals surface area contributed by atoms with E-state index in [9.17, 15) is 9.59 Å². The molecule has 2 heterocycles. The second-order valence-electron chi connectivity index (χ2n) is 5.87. The predicted octanol–water partition coefficient (Wildman–Crippen LogP) is 3.57. The number of hydrogen-bond acceptors (Lipinski definition) is 5. The highest BCUT2D eigenvalue weighted by Gasteiger charge is 2.30. The van der Waals surface area contributed by atoms with Crippen molar-refractivity contribution < 1.29 is 19.1 Å². The van der Waals surface area contributed by atoms with Gasteiger partial charge in [-0.15, -0.1) is 0 Å². The fraction of sp³-hybridized carbons (Fsp3) is 0.211. The Morgan fingerprint density at radius 3 is 2.75 bits per heavy atom. The lowest BCUT2D eigenvalue weighted by atomic mass is 10.1. The Morgan fingerprint density at radius 1 is 1.29 bits per heavy atom. The highest BCUT2D eigenvalue weighted by atomic mass is 16.5. The van der Waals surface area contributed by atoms with Crippen molar-refractivity contribution in [2.24, 2.45) is 5.92 Å². The summed E-state index contributed by atoms with van der Waals surface area (Å²) >= 11 is 0. The van der Waals surface area contributed by atoms with Crippen LogP contribution in [0.2, 0.25) is 0 Å². The summed E-state index contributed by atoms with van der Waals surface area (Å²) < 4.78 is 11.1. The Balaban J connectivity index is 1.93. The van der Waals surface area contributed by atoms with Gasteiger partial charge in [0.2, 0.25) is 5.78 Å². The molecule has 0 saturated heterocycles. The largest absolute Gasteiger partial charge is 0.452 e. The molecule has 122 valence electrons. The first kappa shape index (κ1) is 15.9. The second kappa shape index (κ2) is 6.28. The molecule has 1 aliphatic rings. The van der Waals surface area contributed by atoms with Crippen LogP contribution in [-0.2, 0) is 4.79 Å². The van der Waals surface area contributed by atoms with Crippen LogP contribution in [0.4, 0.5) is 0 Å². The monoisotopic (exact) mass is 323 g/mol. The van der Waals surface area contributed by atoms with Crippen molar-refractivity contribution in [3.05, 3.63) is 59.1 Å². The maximum atomic E-state index is 12.5. The average Bonchev–Trinajstić information content (AvgIpc) is 2.88. The fourth-order valence-electron chi connectivity index (χ4n) is 2.32. The summed E-state index contributed by atoms with van der Waals surface area (Å²) in [6, 6.07) is 6.87. The molecule has 0 N–H and O–H groups in total. The van der Waals surface area contributed by atoms with Gasteiger partial charge in [0.1, 0.15) is 11.5 Å². The zero-order valence-electron chi connectivity index (χ0n) is 13.7. The molecular weight excluding hydrogens is 306 g/mol. The summed E-state index contributed by atoms with van der Waals surface area (Å²) in [6.07, 6.45) is 4.96. The van der Waals surface area contributed by atoms with Crippen LogP contribution in [0.3, 0.4) is 0 Å². The molecule has 0 saturated carbocycles. The second-order valence-corrected chi connectivity index (χ2v) is 5.87. The van der Waals surface area contributed by atoms with Gasteiger partial charge in [-0.25, -0.2) is 0 Å². The van der Waals surface area contributed by atoms with E-state index in [-0.39, 0.29) is 23.4 Å². The maximum Gasteiger partial charge on any atom is 0.313 e. The summed E-state index contributed by atoms with van der Waals surface area (Å²) in [6.45, 7) is 5.29. The number of hydrogen-bond donors (Lipinski definition) is 0. The zero-order chi connectivity index (χ0) is 17.3. The van der Waals surface area contributed by atoms with Gasteiger partial charge < -0.3 is 9.47 Å². The summed E-state index contributed by atoms with van der Waals surface area (Å²) in [5.41, 5.74) is 1.87. The molecule has 0 aliphatic carbocycles. The predicted molar refractivity (Wildman–Crippen MR) is 88.8 cm³/mol. The molecule has 0 spiro atoms. The van der Waals surface area contributed by atoms with E-state index in [1.165, 1.54) is 0 Å². The van der Waals surface area contributed by atoms with Crippen molar-refractivity contribution in [1.29, 1.82) is 0 Å². The van der Waals surface area contributed by atoms with Gasteiger partial charge in [-0.05, 0) is 36.8 Å². The van der Waals surface area contributed by atoms with Crippen LogP contribution in [0.25, 0.3) is 6.08 Å². The first-order chi connectivity index (χ1) is 11.5. The summed E-state index contributed by atoms with van der Waals surface area (Å²) in [7, 11) is 0. The Bertz CT molecular complexity index is 838. The molecule has 0 amide bonds. The highest BCUT2D eigenvalue weighted by molar-refractivity contribution is 6.15. The average molecular weight is 323 g/mol. The SMILES string of the molecule is Cc1c(OC(=O)C(C)C)ccc2c1O/C(=C\c1cccnc1)C2=O. The molecule has 1 aliphatic heterocycles. The van der Waals surface area contributed by atoms with E-state index in [0.717, 1.165) is 5.56 Å². The molecule has 0 fully saturated rings. The van der Waals surface area contributed by atoms with Crippen molar-refractivity contribution in [2.75, 3.05) is 0 Å². The summed E-state index contributed by atoms with van der Waals surface area (Å²) in [4.78, 5) is 28.3. The molecule has 0 atom stereocenters. The molecule has 1 aromatic carbocycles. The lowest BCUT2D eigenvalue weighted by Crippen LogP contribution is -2.15. The first-order valence-corrected chi connectivity index (χ1v) is 7.67. The molecular formula is C19H17NO4. The number of carbonyl (C=O) groups excluding carboxylic acids is 2. The summed E-state index contributed by atoms with van der Waals surface area (Å²) in [5.74, 6) is 0.314. The molecule has 0 unspecified atom stereocenters. The third kappa shape index (κ3) is 2.93. The molecule has 0 bridgehead atoms. The van der Waals surface area contributed by atoms with Gasteiger partial charge in [-0.1, -0.05) is 19.9 Å². The highest BCUT2D eigenvalue weighted by Crippen LogP contribution is 2.39. The van der Waals surface area contributed by atoms with Gasteiger partial charge in [0, 0.05) is 18.0 Å². The molecule has 5 heteroatoms. The van der Waals surface area contributed by atoms with E-state index in [4.69, 9.17) is 9.47 Å². The minimum atomic E-state index is -0.325. The van der Waals surface area contributed by atoms with E-state index >= 15 is 0 Å². The quantitative estimate of drug-likeness (QED) is 0.491. The molecule has 1 aromatic heterocycles. The minimum Gasteiger partial charge on any atom is -0.452 e. The van der Waals surface area contributed by atoms with Crippen molar-refractivity contribution in [2.45, 2.75) is 20.8 Å². The minimum absolute atomic E-state index is 0.196. The number of benzene rings is 1. The molecule has 0 radical (unpaired) electrons. The summed E-state index contributed by atoms with van der Waals surface area (Å²) in [5, 5.41) is 0. The lowest BCUT2D eigenvalue weighted by molar-refractivity contribution is -0.137. The number of ether oxygens (including phenoxy) is 2. The Morgan fingerprint density at radius 2 is 2.08 bits per heavy atom. The number of esters is 1. The maximum absolute atomic E-state index is 12.5. The van der Waals surface area contributed by atoms with Crippen LogP contribution >= 0.6 is 0 Å². The van der Waals surface area contributed by atoms with Crippen LogP contribution in [0.1, 0.15) is 35.3 Å².